The number of rotatable bonds is 6. The monoisotopic (exact) mass is 290 g/mol. The van der Waals surface area contributed by atoms with Crippen LogP contribution in [-0.4, -0.2) is 23.1 Å². The second-order valence-electron chi connectivity index (χ2n) is 4.69. The molecule has 0 saturated heterocycles. The first-order valence-electron chi connectivity index (χ1n) is 7.02. The van der Waals surface area contributed by atoms with Gasteiger partial charge in [-0.25, -0.2) is 9.97 Å². The summed E-state index contributed by atoms with van der Waals surface area (Å²) in [5.74, 6) is 2.79. The quantitative estimate of drug-likeness (QED) is 0.882. The van der Waals surface area contributed by atoms with Crippen LogP contribution in [0, 0.1) is 13.8 Å². The predicted molar refractivity (Wildman–Crippen MR) is 86.7 cm³/mol. The van der Waals surface area contributed by atoms with Crippen molar-refractivity contribution in [2.75, 3.05) is 23.3 Å². The van der Waals surface area contributed by atoms with Crippen molar-refractivity contribution >= 4 is 23.0 Å². The highest BCUT2D eigenvalue weighted by Crippen LogP contribution is 2.25. The smallest absolute Gasteiger partial charge is 0.137 e. The van der Waals surface area contributed by atoms with Crippen molar-refractivity contribution in [2.45, 2.75) is 34.2 Å². The van der Waals surface area contributed by atoms with Gasteiger partial charge in [-0.05, 0) is 39.1 Å². The topological polar surface area (TPSA) is 41.1 Å². The van der Waals surface area contributed by atoms with E-state index in [1.807, 2.05) is 6.92 Å². The van der Waals surface area contributed by atoms with Crippen LogP contribution in [0.2, 0.25) is 0 Å². The molecular weight excluding hydrogens is 268 g/mol. The van der Waals surface area contributed by atoms with E-state index in [1.54, 1.807) is 11.3 Å². The molecule has 1 N–H and O–H groups in total. The molecule has 2 heterocycles. The van der Waals surface area contributed by atoms with Crippen LogP contribution in [0.5, 0.6) is 0 Å². The van der Waals surface area contributed by atoms with Gasteiger partial charge in [0, 0.05) is 23.5 Å². The van der Waals surface area contributed by atoms with E-state index in [2.05, 4.69) is 58.5 Å². The van der Waals surface area contributed by atoms with Gasteiger partial charge in [0.25, 0.3) is 0 Å². The van der Waals surface area contributed by atoms with E-state index >= 15 is 0 Å². The number of thiophene rings is 1. The van der Waals surface area contributed by atoms with E-state index in [4.69, 9.17) is 0 Å². The molecule has 0 aliphatic rings. The lowest BCUT2D eigenvalue weighted by Gasteiger charge is -2.24. The zero-order valence-electron chi connectivity index (χ0n) is 12.6. The highest BCUT2D eigenvalue weighted by molar-refractivity contribution is 7.09. The molecule has 108 valence electrons. The fourth-order valence-electron chi connectivity index (χ4n) is 2.19. The molecule has 0 radical (unpaired) electrons. The third-order valence-electron chi connectivity index (χ3n) is 3.18. The van der Waals surface area contributed by atoms with Gasteiger partial charge in [-0.3, -0.25) is 0 Å². The molecule has 0 aliphatic heterocycles. The second kappa shape index (κ2) is 6.70. The van der Waals surface area contributed by atoms with Crippen LogP contribution < -0.4 is 10.2 Å². The number of aromatic nitrogens is 2. The summed E-state index contributed by atoms with van der Waals surface area (Å²) in [6.07, 6.45) is 0. The average molecular weight is 290 g/mol. The third-order valence-corrected chi connectivity index (χ3v) is 4.05. The molecule has 4 nitrogen and oxygen atoms in total. The van der Waals surface area contributed by atoms with Crippen molar-refractivity contribution in [1.29, 1.82) is 0 Å². The number of aryl methyl sites for hydroxylation is 1. The number of nitrogens with zero attached hydrogens (tertiary/aromatic N) is 3. The van der Waals surface area contributed by atoms with Gasteiger partial charge in [-0.2, -0.15) is 0 Å². The molecule has 20 heavy (non-hydrogen) atoms. The molecule has 0 spiro atoms. The van der Waals surface area contributed by atoms with Crippen molar-refractivity contribution in [2.24, 2.45) is 0 Å². The number of hydrogen-bond acceptors (Lipinski definition) is 5. The maximum Gasteiger partial charge on any atom is 0.137 e. The zero-order valence-corrected chi connectivity index (χ0v) is 13.4. The number of hydrogen-bond donors (Lipinski definition) is 1. The minimum Gasteiger partial charge on any atom is -0.370 e. The molecule has 0 aromatic carbocycles. The van der Waals surface area contributed by atoms with E-state index in [9.17, 15) is 0 Å². The second-order valence-corrected chi connectivity index (χ2v) is 5.72. The summed E-state index contributed by atoms with van der Waals surface area (Å²) in [4.78, 5) is 12.8. The van der Waals surface area contributed by atoms with E-state index in [-0.39, 0.29) is 0 Å². The Kier molecular flexibility index (Phi) is 4.95. The molecule has 0 amide bonds. The van der Waals surface area contributed by atoms with Crippen LogP contribution in [-0.2, 0) is 6.54 Å². The number of nitrogens with one attached hydrogen (secondary N) is 1. The first-order chi connectivity index (χ1) is 9.65. The molecule has 0 atom stereocenters. The average Bonchev–Trinajstić information content (AvgIpc) is 2.93. The van der Waals surface area contributed by atoms with Gasteiger partial charge in [-0.15, -0.1) is 11.3 Å². The third kappa shape index (κ3) is 3.28. The van der Waals surface area contributed by atoms with Gasteiger partial charge >= 0.3 is 0 Å². The molecule has 0 aliphatic carbocycles. The van der Waals surface area contributed by atoms with E-state index in [1.165, 1.54) is 4.88 Å². The molecule has 0 unspecified atom stereocenters. The van der Waals surface area contributed by atoms with E-state index in [0.717, 1.165) is 42.7 Å². The highest BCUT2D eigenvalue weighted by Gasteiger charge is 2.15. The van der Waals surface area contributed by atoms with Crippen LogP contribution in [0.4, 0.5) is 11.6 Å². The summed E-state index contributed by atoms with van der Waals surface area (Å²) < 4.78 is 0. The SMILES string of the molecule is CCNc1nc(C)nc(N(CC)Cc2cccs2)c1C. The summed E-state index contributed by atoms with van der Waals surface area (Å²) in [6.45, 7) is 11.0. The Balaban J connectivity index is 2.33. The zero-order chi connectivity index (χ0) is 14.5. The van der Waals surface area contributed by atoms with Crippen LogP contribution in [0.15, 0.2) is 17.5 Å². The van der Waals surface area contributed by atoms with E-state index in [0.29, 0.717) is 0 Å². The van der Waals surface area contributed by atoms with Crippen molar-refractivity contribution in [1.82, 2.24) is 9.97 Å². The fourth-order valence-corrected chi connectivity index (χ4v) is 2.91. The Bertz CT molecular complexity index is 551. The van der Waals surface area contributed by atoms with Crippen LogP contribution >= 0.6 is 11.3 Å². The molecule has 2 rings (SSSR count). The van der Waals surface area contributed by atoms with Crippen molar-refractivity contribution in [3.05, 3.63) is 33.8 Å². The van der Waals surface area contributed by atoms with Gasteiger partial charge in [0.2, 0.25) is 0 Å². The summed E-state index contributed by atoms with van der Waals surface area (Å²) in [5, 5.41) is 5.44. The Morgan fingerprint density at radius 1 is 1.25 bits per heavy atom. The standard InChI is InChI=1S/C15H22N4S/c1-5-16-14-11(3)15(18-12(4)17-14)19(6-2)10-13-8-7-9-20-13/h7-9H,5-6,10H2,1-4H3,(H,16,17,18). The van der Waals surface area contributed by atoms with Crippen LogP contribution in [0.3, 0.4) is 0 Å². The summed E-state index contributed by atoms with van der Waals surface area (Å²) >= 11 is 1.79. The van der Waals surface area contributed by atoms with Crippen molar-refractivity contribution in [3.63, 3.8) is 0 Å². The van der Waals surface area contributed by atoms with Crippen LogP contribution in [0.1, 0.15) is 30.1 Å². The van der Waals surface area contributed by atoms with Gasteiger partial charge in [-0.1, -0.05) is 6.07 Å². The van der Waals surface area contributed by atoms with Gasteiger partial charge in [0.1, 0.15) is 17.5 Å². The molecule has 0 fully saturated rings. The fraction of sp³-hybridized carbons (Fsp3) is 0.467. The number of anilines is 2. The highest BCUT2D eigenvalue weighted by atomic mass is 32.1. The van der Waals surface area contributed by atoms with Gasteiger partial charge in [0.05, 0.1) is 6.54 Å². The van der Waals surface area contributed by atoms with E-state index < -0.39 is 0 Å². The molecule has 0 saturated carbocycles. The lowest BCUT2D eigenvalue weighted by atomic mass is 10.2. The minimum atomic E-state index is 0.811. The Morgan fingerprint density at radius 3 is 2.65 bits per heavy atom. The van der Waals surface area contributed by atoms with Gasteiger partial charge in [0.15, 0.2) is 0 Å². The normalized spacial score (nSPS) is 10.6. The summed E-state index contributed by atoms with van der Waals surface area (Å²) in [7, 11) is 0. The molecule has 0 bridgehead atoms. The van der Waals surface area contributed by atoms with Crippen LogP contribution in [0.25, 0.3) is 0 Å². The minimum absolute atomic E-state index is 0.811. The first kappa shape index (κ1) is 14.8. The molecular formula is C15H22N4S. The summed E-state index contributed by atoms with van der Waals surface area (Å²) in [5.41, 5.74) is 1.12. The molecule has 2 aromatic rings. The lowest BCUT2D eigenvalue weighted by molar-refractivity contribution is 0.806. The first-order valence-corrected chi connectivity index (χ1v) is 7.90. The van der Waals surface area contributed by atoms with Crippen molar-refractivity contribution < 1.29 is 0 Å². The maximum absolute atomic E-state index is 4.65. The summed E-state index contributed by atoms with van der Waals surface area (Å²) in [6, 6.07) is 4.26. The largest absolute Gasteiger partial charge is 0.370 e. The molecule has 5 heteroatoms. The van der Waals surface area contributed by atoms with Gasteiger partial charge < -0.3 is 10.2 Å². The maximum atomic E-state index is 4.65. The Labute approximate surface area is 124 Å². The lowest BCUT2D eigenvalue weighted by Crippen LogP contribution is -2.24. The Morgan fingerprint density at radius 2 is 2.05 bits per heavy atom. The Hall–Kier alpha value is -1.62. The van der Waals surface area contributed by atoms with Crippen molar-refractivity contribution in [3.8, 4) is 0 Å². The molecule has 2 aromatic heterocycles. The predicted octanol–water partition coefficient (Wildman–Crippen LogP) is 3.61.